The molecule has 150 valence electrons. The Bertz CT molecular complexity index is 848. The van der Waals surface area contributed by atoms with Gasteiger partial charge in [0.15, 0.2) is 18.1 Å². The third-order valence-corrected chi connectivity index (χ3v) is 3.68. The molecule has 0 spiro atoms. The molecule has 10 nitrogen and oxygen atoms in total. The minimum absolute atomic E-state index is 0.123. The number of methoxy groups -OCH3 is 1. The van der Waals surface area contributed by atoms with E-state index in [1.165, 1.54) is 13.4 Å². The summed E-state index contributed by atoms with van der Waals surface area (Å²) in [5, 5.41) is 13.9. The van der Waals surface area contributed by atoms with Gasteiger partial charge in [0.1, 0.15) is 11.3 Å². The lowest BCUT2D eigenvalue weighted by atomic mass is 10.1. The highest BCUT2D eigenvalue weighted by molar-refractivity contribution is 5.96. The van der Waals surface area contributed by atoms with Crippen molar-refractivity contribution in [3.05, 3.63) is 52.0 Å². The van der Waals surface area contributed by atoms with Gasteiger partial charge < -0.3 is 23.9 Å². The number of nitro benzene ring substituents is 1. The van der Waals surface area contributed by atoms with Crippen molar-refractivity contribution < 1.29 is 33.1 Å². The standard InChI is InChI=1S/C18H20N2O8/c1-4-26-16-9-13(20(23)24)12(8-15(16)25-3)18(22)28-10-17(21)19-11(2)14-6-5-7-27-14/h5-9,11H,4,10H2,1-3H3,(H,19,21)/t11-/m0/s1. The van der Waals surface area contributed by atoms with E-state index < -0.39 is 35.1 Å². The number of nitro groups is 1. The zero-order valence-electron chi connectivity index (χ0n) is 15.6. The normalized spacial score (nSPS) is 11.4. The van der Waals surface area contributed by atoms with E-state index in [1.807, 2.05) is 0 Å². The fourth-order valence-corrected chi connectivity index (χ4v) is 2.39. The van der Waals surface area contributed by atoms with Crippen molar-refractivity contribution in [1.82, 2.24) is 5.32 Å². The smallest absolute Gasteiger partial charge is 0.345 e. The number of benzene rings is 1. The van der Waals surface area contributed by atoms with E-state index in [1.54, 1.807) is 26.0 Å². The maximum Gasteiger partial charge on any atom is 0.345 e. The molecule has 28 heavy (non-hydrogen) atoms. The molecule has 1 atom stereocenters. The predicted octanol–water partition coefficient (Wildman–Crippen LogP) is 2.63. The molecule has 1 heterocycles. The Labute approximate surface area is 160 Å². The van der Waals surface area contributed by atoms with E-state index >= 15 is 0 Å². The molecule has 1 aromatic carbocycles. The number of nitrogens with one attached hydrogen (secondary N) is 1. The van der Waals surface area contributed by atoms with Crippen LogP contribution in [0.4, 0.5) is 5.69 Å². The number of esters is 1. The predicted molar refractivity (Wildman–Crippen MR) is 96.4 cm³/mol. The maximum atomic E-state index is 12.3. The Morgan fingerprint density at radius 3 is 2.64 bits per heavy atom. The Balaban J connectivity index is 2.10. The number of rotatable bonds is 9. The summed E-state index contributed by atoms with van der Waals surface area (Å²) >= 11 is 0. The summed E-state index contributed by atoms with van der Waals surface area (Å²) in [7, 11) is 1.34. The molecule has 0 fully saturated rings. The third-order valence-electron chi connectivity index (χ3n) is 3.68. The fraction of sp³-hybridized carbons (Fsp3) is 0.333. The number of carbonyl (C=O) groups is 2. The van der Waals surface area contributed by atoms with Crippen LogP contribution >= 0.6 is 0 Å². The van der Waals surface area contributed by atoms with Crippen LogP contribution in [0.1, 0.15) is 36.0 Å². The molecule has 0 saturated heterocycles. The topological polar surface area (TPSA) is 130 Å². The lowest BCUT2D eigenvalue weighted by Gasteiger charge is -2.13. The van der Waals surface area contributed by atoms with Crippen molar-refractivity contribution in [3.8, 4) is 11.5 Å². The highest BCUT2D eigenvalue weighted by Crippen LogP contribution is 2.35. The number of furan rings is 1. The first-order chi connectivity index (χ1) is 13.4. The van der Waals surface area contributed by atoms with Crippen molar-refractivity contribution >= 4 is 17.6 Å². The van der Waals surface area contributed by atoms with Crippen LogP contribution in [0.25, 0.3) is 0 Å². The van der Waals surface area contributed by atoms with Crippen LogP contribution in [0, 0.1) is 10.1 Å². The summed E-state index contributed by atoms with van der Waals surface area (Å²) < 4.78 is 20.5. The molecule has 0 aliphatic rings. The molecule has 10 heteroatoms. The average molecular weight is 392 g/mol. The molecule has 0 saturated carbocycles. The summed E-state index contributed by atoms with van der Waals surface area (Å²) in [4.78, 5) is 34.8. The first-order valence-electron chi connectivity index (χ1n) is 8.36. The lowest BCUT2D eigenvalue weighted by Crippen LogP contribution is -2.31. The van der Waals surface area contributed by atoms with Gasteiger partial charge in [-0.3, -0.25) is 14.9 Å². The van der Waals surface area contributed by atoms with Crippen molar-refractivity contribution in [2.75, 3.05) is 20.3 Å². The van der Waals surface area contributed by atoms with Crippen molar-refractivity contribution in [2.24, 2.45) is 0 Å². The number of nitrogens with zero attached hydrogens (tertiary/aromatic N) is 1. The average Bonchev–Trinajstić information content (AvgIpc) is 3.20. The minimum Gasteiger partial charge on any atom is -0.493 e. The van der Waals surface area contributed by atoms with Crippen LogP contribution in [0.2, 0.25) is 0 Å². The highest BCUT2D eigenvalue weighted by atomic mass is 16.6. The Hall–Kier alpha value is -3.56. The van der Waals surface area contributed by atoms with Crippen molar-refractivity contribution in [2.45, 2.75) is 19.9 Å². The van der Waals surface area contributed by atoms with E-state index in [2.05, 4.69) is 5.32 Å². The van der Waals surface area contributed by atoms with Crippen molar-refractivity contribution in [3.63, 3.8) is 0 Å². The van der Waals surface area contributed by atoms with Gasteiger partial charge in [0.25, 0.3) is 11.6 Å². The van der Waals surface area contributed by atoms with Gasteiger partial charge in [-0.05, 0) is 26.0 Å². The van der Waals surface area contributed by atoms with Crippen LogP contribution in [-0.4, -0.2) is 37.1 Å². The van der Waals surface area contributed by atoms with Gasteiger partial charge in [0.05, 0.1) is 37.0 Å². The van der Waals surface area contributed by atoms with Gasteiger partial charge >= 0.3 is 5.97 Å². The number of ether oxygens (including phenoxy) is 3. The highest BCUT2D eigenvalue weighted by Gasteiger charge is 2.26. The van der Waals surface area contributed by atoms with E-state index in [0.717, 1.165) is 12.1 Å². The van der Waals surface area contributed by atoms with Crippen molar-refractivity contribution in [1.29, 1.82) is 0 Å². The van der Waals surface area contributed by atoms with Crippen LogP contribution < -0.4 is 14.8 Å². The zero-order chi connectivity index (χ0) is 20.7. The molecule has 1 aromatic heterocycles. The second-order valence-corrected chi connectivity index (χ2v) is 5.59. The molecular weight excluding hydrogens is 372 g/mol. The Morgan fingerprint density at radius 2 is 2.07 bits per heavy atom. The monoisotopic (exact) mass is 392 g/mol. The van der Waals surface area contributed by atoms with E-state index in [0.29, 0.717) is 5.76 Å². The van der Waals surface area contributed by atoms with E-state index in [4.69, 9.17) is 18.6 Å². The maximum absolute atomic E-state index is 12.3. The van der Waals surface area contributed by atoms with E-state index in [9.17, 15) is 19.7 Å². The van der Waals surface area contributed by atoms with Gasteiger partial charge in [-0.25, -0.2) is 4.79 Å². The second-order valence-electron chi connectivity index (χ2n) is 5.59. The first kappa shape index (κ1) is 20.7. The van der Waals surface area contributed by atoms with Crippen LogP contribution in [0.5, 0.6) is 11.5 Å². The molecule has 0 aliphatic carbocycles. The third kappa shape index (κ3) is 5.00. The summed E-state index contributed by atoms with van der Waals surface area (Å²) in [6, 6.07) is 5.16. The molecule has 1 amide bonds. The Morgan fingerprint density at radius 1 is 1.32 bits per heavy atom. The van der Waals surface area contributed by atoms with Gasteiger partial charge in [-0.1, -0.05) is 0 Å². The molecule has 2 rings (SSSR count). The number of hydrogen-bond acceptors (Lipinski definition) is 8. The Kier molecular flexibility index (Phi) is 6.96. The number of carbonyl (C=O) groups excluding carboxylic acids is 2. The summed E-state index contributed by atoms with van der Waals surface area (Å²) in [5.41, 5.74) is -0.865. The zero-order valence-corrected chi connectivity index (χ0v) is 15.6. The summed E-state index contributed by atoms with van der Waals surface area (Å²) in [5.74, 6) is -0.827. The van der Waals surface area contributed by atoms with E-state index in [-0.39, 0.29) is 23.7 Å². The lowest BCUT2D eigenvalue weighted by molar-refractivity contribution is -0.385. The van der Waals surface area contributed by atoms with Gasteiger partial charge in [0, 0.05) is 6.07 Å². The van der Waals surface area contributed by atoms with Gasteiger partial charge in [0.2, 0.25) is 0 Å². The largest absolute Gasteiger partial charge is 0.493 e. The number of hydrogen-bond donors (Lipinski definition) is 1. The molecule has 1 N–H and O–H groups in total. The number of amides is 1. The molecule has 0 radical (unpaired) electrons. The molecule has 2 aromatic rings. The second kappa shape index (κ2) is 9.40. The molecule has 0 unspecified atom stereocenters. The summed E-state index contributed by atoms with van der Waals surface area (Å²) in [6.07, 6.45) is 1.47. The molecular formula is C18H20N2O8. The summed E-state index contributed by atoms with van der Waals surface area (Å²) in [6.45, 7) is 3.04. The van der Waals surface area contributed by atoms with Gasteiger partial charge in [-0.15, -0.1) is 0 Å². The quantitative estimate of drug-likeness (QED) is 0.391. The van der Waals surface area contributed by atoms with Crippen LogP contribution in [-0.2, 0) is 9.53 Å². The fourth-order valence-electron chi connectivity index (χ4n) is 2.39. The van der Waals surface area contributed by atoms with Crippen LogP contribution in [0.3, 0.4) is 0 Å². The minimum atomic E-state index is -1.03. The molecule has 0 bridgehead atoms. The van der Waals surface area contributed by atoms with Crippen LogP contribution in [0.15, 0.2) is 34.9 Å². The molecule has 0 aliphatic heterocycles. The van der Waals surface area contributed by atoms with Gasteiger partial charge in [-0.2, -0.15) is 0 Å². The SMILES string of the molecule is CCOc1cc([N+](=O)[O-])c(C(=O)OCC(=O)N[C@@H](C)c2ccco2)cc1OC. The first-order valence-corrected chi connectivity index (χ1v) is 8.36.